The summed E-state index contributed by atoms with van der Waals surface area (Å²) in [5.41, 5.74) is 0.948. The van der Waals surface area contributed by atoms with Crippen molar-refractivity contribution in [3.63, 3.8) is 0 Å². The normalized spacial score (nSPS) is 10.9. The van der Waals surface area contributed by atoms with Gasteiger partial charge in [0.05, 0.1) is 10.7 Å². The van der Waals surface area contributed by atoms with Crippen LogP contribution in [0.4, 0.5) is 11.4 Å². The van der Waals surface area contributed by atoms with E-state index in [1.54, 1.807) is 6.07 Å². The highest BCUT2D eigenvalue weighted by molar-refractivity contribution is 8.00. The lowest BCUT2D eigenvalue weighted by molar-refractivity contribution is -0.384. The van der Waals surface area contributed by atoms with Gasteiger partial charge in [-0.25, -0.2) is 14.8 Å². The first-order valence-electron chi connectivity index (χ1n) is 10.4. The fourth-order valence-electron chi connectivity index (χ4n) is 3.45. The molecule has 0 spiro atoms. The van der Waals surface area contributed by atoms with Gasteiger partial charge in [0, 0.05) is 37.5 Å². The lowest BCUT2D eigenvalue weighted by atomic mass is 10.2. The van der Waals surface area contributed by atoms with Gasteiger partial charge in [-0.15, -0.1) is 0 Å². The summed E-state index contributed by atoms with van der Waals surface area (Å²) >= 11 is 1.04. The predicted octanol–water partition coefficient (Wildman–Crippen LogP) is 2.64. The minimum atomic E-state index is -0.583. The Kier molecular flexibility index (Phi) is 6.47. The van der Waals surface area contributed by atoms with Crippen molar-refractivity contribution in [2.75, 3.05) is 11.1 Å². The number of hydrogen-bond acceptors (Lipinski definition) is 8. The van der Waals surface area contributed by atoms with Crippen LogP contribution in [-0.4, -0.2) is 35.7 Å². The number of thioether (sulfide) groups is 1. The molecule has 0 aliphatic heterocycles. The van der Waals surface area contributed by atoms with E-state index in [-0.39, 0.29) is 39.2 Å². The Labute approximate surface area is 202 Å². The molecule has 1 amide bonds. The molecule has 4 aromatic rings. The molecule has 0 aliphatic carbocycles. The lowest BCUT2D eigenvalue weighted by Gasteiger charge is -2.12. The Morgan fingerprint density at radius 1 is 1.09 bits per heavy atom. The summed E-state index contributed by atoms with van der Waals surface area (Å²) in [7, 11) is 2.84. The third-order valence-electron chi connectivity index (χ3n) is 5.24. The number of fused-ring (bicyclic) bond motifs is 1. The average Bonchev–Trinajstić information content (AvgIpc) is 2.84. The minimum absolute atomic E-state index is 0.0498. The molecule has 35 heavy (non-hydrogen) atoms. The number of aromatic nitrogens is 4. The molecule has 2 aromatic carbocycles. The van der Waals surface area contributed by atoms with Gasteiger partial charge in [-0.2, -0.15) is 0 Å². The Bertz CT molecular complexity index is 1590. The van der Waals surface area contributed by atoms with Crippen molar-refractivity contribution in [3.8, 4) is 11.4 Å². The van der Waals surface area contributed by atoms with Crippen LogP contribution >= 0.6 is 11.8 Å². The number of nitrogens with one attached hydrogen (secondary N) is 1. The SMILES string of the molecule is Cc1cccc(NC(=O)CSc2nc(-c3ccc([N+](=O)[O-])cc3)nc3c2c(=O)n(C)c(=O)n3C)c1. The Hall–Kier alpha value is -4.32. The summed E-state index contributed by atoms with van der Waals surface area (Å²) in [5, 5.41) is 14.1. The topological polar surface area (TPSA) is 142 Å². The lowest BCUT2D eigenvalue weighted by Crippen LogP contribution is -2.37. The van der Waals surface area contributed by atoms with Crippen LogP contribution < -0.4 is 16.6 Å². The summed E-state index contributed by atoms with van der Waals surface area (Å²) in [5.74, 6) is -0.186. The molecule has 0 saturated heterocycles. The van der Waals surface area contributed by atoms with Crippen LogP contribution in [-0.2, 0) is 18.9 Å². The second-order valence-electron chi connectivity index (χ2n) is 7.77. The zero-order valence-corrected chi connectivity index (χ0v) is 19.8. The van der Waals surface area contributed by atoms with Gasteiger partial charge in [-0.1, -0.05) is 23.9 Å². The molecule has 12 heteroatoms. The van der Waals surface area contributed by atoms with Gasteiger partial charge in [-0.05, 0) is 36.8 Å². The van der Waals surface area contributed by atoms with Gasteiger partial charge in [0.25, 0.3) is 11.2 Å². The van der Waals surface area contributed by atoms with Crippen molar-refractivity contribution in [3.05, 3.63) is 85.0 Å². The van der Waals surface area contributed by atoms with Crippen LogP contribution in [0.5, 0.6) is 0 Å². The number of carbonyl (C=O) groups excluding carboxylic acids is 1. The maximum Gasteiger partial charge on any atom is 0.332 e. The molecule has 4 rings (SSSR count). The first kappa shape index (κ1) is 23.8. The second kappa shape index (κ2) is 9.50. The van der Waals surface area contributed by atoms with Gasteiger partial charge in [0.2, 0.25) is 5.91 Å². The molecule has 178 valence electrons. The molecule has 0 saturated carbocycles. The largest absolute Gasteiger partial charge is 0.332 e. The zero-order chi connectivity index (χ0) is 25.3. The Balaban J connectivity index is 1.76. The number of anilines is 1. The average molecular weight is 493 g/mol. The fraction of sp³-hybridized carbons (Fsp3) is 0.174. The first-order valence-corrected chi connectivity index (χ1v) is 11.4. The Morgan fingerprint density at radius 3 is 2.46 bits per heavy atom. The second-order valence-corrected chi connectivity index (χ2v) is 8.73. The minimum Gasteiger partial charge on any atom is -0.325 e. The fourth-order valence-corrected chi connectivity index (χ4v) is 4.26. The molecule has 0 fully saturated rings. The van der Waals surface area contributed by atoms with Gasteiger partial charge < -0.3 is 5.32 Å². The number of rotatable bonds is 6. The van der Waals surface area contributed by atoms with E-state index in [0.717, 1.165) is 21.9 Å². The molecule has 0 radical (unpaired) electrons. The number of aryl methyl sites for hydroxylation is 2. The van der Waals surface area contributed by atoms with Gasteiger partial charge in [-0.3, -0.25) is 28.8 Å². The van der Waals surface area contributed by atoms with Gasteiger partial charge in [0.1, 0.15) is 10.4 Å². The molecule has 0 aliphatic rings. The van der Waals surface area contributed by atoms with Crippen molar-refractivity contribution < 1.29 is 9.72 Å². The monoisotopic (exact) mass is 492 g/mol. The number of benzene rings is 2. The smallest absolute Gasteiger partial charge is 0.325 e. The third-order valence-corrected chi connectivity index (χ3v) is 6.22. The summed E-state index contributed by atoms with van der Waals surface area (Å²) < 4.78 is 2.18. The summed E-state index contributed by atoms with van der Waals surface area (Å²) in [6.45, 7) is 1.91. The van der Waals surface area contributed by atoms with Gasteiger partial charge in [0.15, 0.2) is 11.5 Å². The van der Waals surface area contributed by atoms with E-state index in [1.807, 2.05) is 25.1 Å². The van der Waals surface area contributed by atoms with Crippen molar-refractivity contribution in [2.24, 2.45) is 14.1 Å². The molecule has 2 heterocycles. The van der Waals surface area contributed by atoms with Crippen molar-refractivity contribution in [1.82, 2.24) is 19.1 Å². The highest BCUT2D eigenvalue weighted by Crippen LogP contribution is 2.27. The summed E-state index contributed by atoms with van der Waals surface area (Å²) in [6, 6.07) is 12.9. The van der Waals surface area contributed by atoms with Crippen molar-refractivity contribution in [1.29, 1.82) is 0 Å². The van der Waals surface area contributed by atoms with Gasteiger partial charge >= 0.3 is 5.69 Å². The molecule has 0 atom stereocenters. The highest BCUT2D eigenvalue weighted by atomic mass is 32.2. The standard InChI is InChI=1S/C23H20N6O5S/c1-13-5-4-6-15(11-13)24-17(30)12-35-21-18-20(27(2)23(32)28(3)22(18)31)25-19(26-21)14-7-9-16(10-8-14)29(33)34/h4-11H,12H2,1-3H3,(H,24,30). The quantitative estimate of drug-likeness (QED) is 0.187. The van der Waals surface area contributed by atoms with Crippen molar-refractivity contribution >= 4 is 40.1 Å². The van der Waals surface area contributed by atoms with Crippen molar-refractivity contribution in [2.45, 2.75) is 11.9 Å². The van der Waals surface area contributed by atoms with E-state index in [0.29, 0.717) is 11.3 Å². The molecular weight excluding hydrogens is 472 g/mol. The van der Waals surface area contributed by atoms with Crippen LogP contribution in [0.15, 0.2) is 63.1 Å². The van der Waals surface area contributed by atoms with Crippen LogP contribution in [0.2, 0.25) is 0 Å². The summed E-state index contributed by atoms with van der Waals surface area (Å²) in [6.07, 6.45) is 0. The van der Waals surface area contributed by atoms with E-state index in [1.165, 1.54) is 42.9 Å². The van der Waals surface area contributed by atoms with Crippen LogP contribution in [0.25, 0.3) is 22.4 Å². The summed E-state index contributed by atoms with van der Waals surface area (Å²) in [4.78, 5) is 57.4. The van der Waals surface area contributed by atoms with Crippen LogP contribution in [0.1, 0.15) is 5.56 Å². The molecule has 0 bridgehead atoms. The first-order chi connectivity index (χ1) is 16.7. The number of amides is 1. The maximum absolute atomic E-state index is 12.9. The third kappa shape index (κ3) is 4.82. The number of nitro groups is 1. The number of non-ortho nitro benzene ring substituents is 1. The van der Waals surface area contributed by atoms with E-state index in [2.05, 4.69) is 15.3 Å². The number of nitrogens with zero attached hydrogens (tertiary/aromatic N) is 5. The van der Waals surface area contributed by atoms with E-state index >= 15 is 0 Å². The number of hydrogen-bond donors (Lipinski definition) is 1. The molecular formula is C23H20N6O5S. The molecule has 2 aromatic heterocycles. The predicted molar refractivity (Wildman–Crippen MR) is 133 cm³/mol. The van der Waals surface area contributed by atoms with Crippen LogP contribution in [0, 0.1) is 17.0 Å². The number of carbonyl (C=O) groups is 1. The van der Waals surface area contributed by atoms with Crippen LogP contribution in [0.3, 0.4) is 0 Å². The molecule has 1 N–H and O–H groups in total. The maximum atomic E-state index is 12.9. The Morgan fingerprint density at radius 2 is 1.80 bits per heavy atom. The zero-order valence-electron chi connectivity index (χ0n) is 19.0. The van der Waals surface area contributed by atoms with E-state index < -0.39 is 16.2 Å². The number of nitro benzene ring substituents is 1. The molecule has 11 nitrogen and oxygen atoms in total. The van der Waals surface area contributed by atoms with E-state index in [4.69, 9.17) is 0 Å². The van der Waals surface area contributed by atoms with E-state index in [9.17, 15) is 24.5 Å². The molecule has 0 unspecified atom stereocenters. The highest BCUT2D eigenvalue weighted by Gasteiger charge is 2.19.